The van der Waals surface area contributed by atoms with Crippen LogP contribution in [0.3, 0.4) is 0 Å². The Hall–Kier alpha value is -2.64. The van der Waals surface area contributed by atoms with Gasteiger partial charge in [0.2, 0.25) is 5.91 Å². The van der Waals surface area contributed by atoms with Gasteiger partial charge in [-0.05, 0) is 19.4 Å². The lowest BCUT2D eigenvalue weighted by atomic mass is 10.1. The summed E-state index contributed by atoms with van der Waals surface area (Å²) in [4.78, 5) is 36.2. The SMILES string of the molecule is CCCNC(=O)[C@@H](C)NC(=O)c1cc([N+](=O)[O-])ccc1N(C)C. The van der Waals surface area contributed by atoms with Crippen molar-refractivity contribution in [1.82, 2.24) is 10.6 Å². The lowest BCUT2D eigenvalue weighted by Crippen LogP contribution is -2.45. The number of nitro benzene ring substituents is 1. The molecule has 0 saturated carbocycles. The first-order valence-corrected chi connectivity index (χ1v) is 7.32. The first-order chi connectivity index (χ1) is 10.8. The average molecular weight is 322 g/mol. The van der Waals surface area contributed by atoms with Gasteiger partial charge in [0, 0.05) is 38.5 Å². The lowest BCUT2D eigenvalue weighted by molar-refractivity contribution is -0.384. The molecule has 1 aromatic carbocycles. The second-order valence-corrected chi connectivity index (χ2v) is 5.34. The molecule has 0 aromatic heterocycles. The molecule has 0 aliphatic rings. The summed E-state index contributed by atoms with van der Waals surface area (Å²) in [5.41, 5.74) is 0.512. The van der Waals surface area contributed by atoms with E-state index in [0.717, 1.165) is 6.42 Å². The molecular formula is C15H22N4O4. The highest BCUT2D eigenvalue weighted by Crippen LogP contribution is 2.24. The largest absolute Gasteiger partial charge is 0.377 e. The van der Waals surface area contributed by atoms with E-state index >= 15 is 0 Å². The number of carbonyl (C=O) groups excluding carboxylic acids is 2. The van der Waals surface area contributed by atoms with Crippen LogP contribution in [0.25, 0.3) is 0 Å². The molecule has 0 aliphatic heterocycles. The highest BCUT2D eigenvalue weighted by atomic mass is 16.6. The molecule has 0 radical (unpaired) electrons. The summed E-state index contributed by atoms with van der Waals surface area (Å²) < 4.78 is 0. The van der Waals surface area contributed by atoms with Crippen molar-refractivity contribution in [2.24, 2.45) is 0 Å². The van der Waals surface area contributed by atoms with Crippen LogP contribution in [0.15, 0.2) is 18.2 Å². The van der Waals surface area contributed by atoms with Crippen LogP contribution < -0.4 is 15.5 Å². The van der Waals surface area contributed by atoms with Gasteiger partial charge in [-0.15, -0.1) is 0 Å². The number of hydrogen-bond donors (Lipinski definition) is 2. The Bertz CT molecular complexity index is 601. The molecule has 126 valence electrons. The number of non-ortho nitro benzene ring substituents is 1. The van der Waals surface area contributed by atoms with Crippen molar-refractivity contribution >= 4 is 23.2 Å². The zero-order valence-electron chi connectivity index (χ0n) is 13.8. The van der Waals surface area contributed by atoms with E-state index in [-0.39, 0.29) is 17.2 Å². The number of benzene rings is 1. The predicted molar refractivity (Wildman–Crippen MR) is 87.7 cm³/mol. The molecule has 23 heavy (non-hydrogen) atoms. The second-order valence-electron chi connectivity index (χ2n) is 5.34. The maximum Gasteiger partial charge on any atom is 0.270 e. The molecule has 8 heteroatoms. The molecule has 0 saturated heterocycles. The van der Waals surface area contributed by atoms with E-state index in [2.05, 4.69) is 10.6 Å². The van der Waals surface area contributed by atoms with E-state index in [9.17, 15) is 19.7 Å². The first kappa shape index (κ1) is 18.4. The number of anilines is 1. The highest BCUT2D eigenvalue weighted by Gasteiger charge is 2.21. The van der Waals surface area contributed by atoms with Gasteiger partial charge in [0.05, 0.1) is 10.5 Å². The van der Waals surface area contributed by atoms with Crippen molar-refractivity contribution in [3.8, 4) is 0 Å². The molecular weight excluding hydrogens is 300 g/mol. The van der Waals surface area contributed by atoms with Crippen LogP contribution in [0.2, 0.25) is 0 Å². The van der Waals surface area contributed by atoms with Crippen LogP contribution in [-0.4, -0.2) is 43.4 Å². The van der Waals surface area contributed by atoms with Crippen LogP contribution >= 0.6 is 0 Å². The fraction of sp³-hybridized carbons (Fsp3) is 0.467. The van der Waals surface area contributed by atoms with Gasteiger partial charge >= 0.3 is 0 Å². The van der Waals surface area contributed by atoms with Gasteiger partial charge in [-0.2, -0.15) is 0 Å². The average Bonchev–Trinajstić information content (AvgIpc) is 2.51. The molecule has 1 atom stereocenters. The molecule has 0 fully saturated rings. The van der Waals surface area contributed by atoms with Crippen molar-refractivity contribution in [2.45, 2.75) is 26.3 Å². The molecule has 1 rings (SSSR count). The number of nitro groups is 1. The molecule has 0 unspecified atom stereocenters. The second kappa shape index (κ2) is 8.11. The Balaban J connectivity index is 2.99. The zero-order chi connectivity index (χ0) is 17.6. The van der Waals surface area contributed by atoms with Gasteiger partial charge in [0.25, 0.3) is 11.6 Å². The highest BCUT2D eigenvalue weighted by molar-refractivity contribution is 6.02. The number of rotatable bonds is 7. The van der Waals surface area contributed by atoms with Crippen molar-refractivity contribution < 1.29 is 14.5 Å². The summed E-state index contributed by atoms with van der Waals surface area (Å²) in [6, 6.07) is 3.32. The van der Waals surface area contributed by atoms with E-state index < -0.39 is 16.9 Å². The van der Waals surface area contributed by atoms with Crippen LogP contribution in [0, 0.1) is 10.1 Å². The van der Waals surface area contributed by atoms with Crippen molar-refractivity contribution in [3.05, 3.63) is 33.9 Å². The van der Waals surface area contributed by atoms with E-state index in [4.69, 9.17) is 0 Å². The third-order valence-electron chi connectivity index (χ3n) is 3.21. The fourth-order valence-electron chi connectivity index (χ4n) is 1.95. The summed E-state index contributed by atoms with van der Waals surface area (Å²) in [7, 11) is 3.46. The molecule has 1 aromatic rings. The summed E-state index contributed by atoms with van der Waals surface area (Å²) in [5.74, 6) is -0.825. The Morgan fingerprint density at radius 1 is 1.35 bits per heavy atom. The number of hydrogen-bond acceptors (Lipinski definition) is 5. The van der Waals surface area contributed by atoms with Crippen LogP contribution in [0.5, 0.6) is 0 Å². The summed E-state index contributed by atoms with van der Waals surface area (Å²) in [5, 5.41) is 16.2. The molecule has 8 nitrogen and oxygen atoms in total. The Labute approximate surface area is 135 Å². The number of nitrogens with zero attached hydrogens (tertiary/aromatic N) is 2. The molecule has 0 heterocycles. The van der Waals surface area contributed by atoms with Gasteiger partial charge in [0.15, 0.2) is 0 Å². The fourth-order valence-corrected chi connectivity index (χ4v) is 1.95. The monoisotopic (exact) mass is 322 g/mol. The Morgan fingerprint density at radius 2 is 2.00 bits per heavy atom. The quantitative estimate of drug-likeness (QED) is 0.581. The van der Waals surface area contributed by atoms with Gasteiger partial charge in [-0.1, -0.05) is 6.92 Å². The predicted octanol–water partition coefficient (Wildman–Crippen LogP) is 1.31. The maximum absolute atomic E-state index is 12.4. The van der Waals surface area contributed by atoms with Crippen molar-refractivity contribution in [2.75, 3.05) is 25.5 Å². The number of amides is 2. The van der Waals surface area contributed by atoms with Crippen LogP contribution in [0.1, 0.15) is 30.6 Å². The van der Waals surface area contributed by atoms with Gasteiger partial charge in [-0.25, -0.2) is 0 Å². The zero-order valence-corrected chi connectivity index (χ0v) is 13.8. The summed E-state index contributed by atoms with van der Waals surface area (Å²) in [6.45, 7) is 4.02. The molecule has 2 amide bonds. The van der Waals surface area contributed by atoms with Crippen LogP contribution in [0.4, 0.5) is 11.4 Å². The smallest absolute Gasteiger partial charge is 0.270 e. The van der Waals surface area contributed by atoms with E-state index in [1.165, 1.54) is 18.2 Å². The normalized spacial score (nSPS) is 11.5. The van der Waals surface area contributed by atoms with E-state index in [0.29, 0.717) is 12.2 Å². The van der Waals surface area contributed by atoms with Crippen LogP contribution in [-0.2, 0) is 4.79 Å². The molecule has 0 aliphatic carbocycles. The standard InChI is InChI=1S/C15H22N4O4/c1-5-8-16-14(20)10(2)17-15(21)12-9-11(19(22)23)6-7-13(12)18(3)4/h6-7,9-10H,5,8H2,1-4H3,(H,16,20)(H,17,21)/t10-/m1/s1. The third-order valence-corrected chi connectivity index (χ3v) is 3.21. The lowest BCUT2D eigenvalue weighted by Gasteiger charge is -2.19. The van der Waals surface area contributed by atoms with Crippen molar-refractivity contribution in [3.63, 3.8) is 0 Å². The van der Waals surface area contributed by atoms with E-state index in [1.54, 1.807) is 25.9 Å². The third kappa shape index (κ3) is 4.94. The van der Waals surface area contributed by atoms with Crippen molar-refractivity contribution in [1.29, 1.82) is 0 Å². The molecule has 2 N–H and O–H groups in total. The minimum absolute atomic E-state index is 0.152. The van der Waals surface area contributed by atoms with Gasteiger partial charge < -0.3 is 15.5 Å². The molecule has 0 bridgehead atoms. The summed E-state index contributed by atoms with van der Waals surface area (Å²) in [6.07, 6.45) is 0.794. The Kier molecular flexibility index (Phi) is 6.49. The number of carbonyl (C=O) groups is 2. The molecule has 0 spiro atoms. The maximum atomic E-state index is 12.4. The van der Waals surface area contributed by atoms with Gasteiger partial charge in [-0.3, -0.25) is 19.7 Å². The summed E-state index contributed by atoms with van der Waals surface area (Å²) >= 11 is 0. The number of nitrogens with one attached hydrogen (secondary N) is 2. The Morgan fingerprint density at radius 3 is 2.52 bits per heavy atom. The minimum atomic E-state index is -0.733. The minimum Gasteiger partial charge on any atom is -0.377 e. The topological polar surface area (TPSA) is 105 Å². The van der Waals surface area contributed by atoms with Gasteiger partial charge in [0.1, 0.15) is 6.04 Å². The van der Waals surface area contributed by atoms with E-state index in [1.807, 2.05) is 6.92 Å². The first-order valence-electron chi connectivity index (χ1n) is 7.32.